The quantitative estimate of drug-likeness (QED) is 0.580. The van der Waals surface area contributed by atoms with E-state index in [1.54, 1.807) is 4.90 Å². The van der Waals surface area contributed by atoms with E-state index in [1.807, 2.05) is 34.4 Å². The Kier molecular flexibility index (Phi) is 5.98. The summed E-state index contributed by atoms with van der Waals surface area (Å²) in [6, 6.07) is 18.4. The SMILES string of the molecule is CCc1sc2ccccc2c1CN1CCN2C(=O)CN(CCc3ccccc3)C(=O)C2C1. The van der Waals surface area contributed by atoms with E-state index in [0.717, 1.165) is 25.9 Å². The van der Waals surface area contributed by atoms with E-state index < -0.39 is 0 Å². The van der Waals surface area contributed by atoms with Gasteiger partial charge in [0.2, 0.25) is 11.8 Å². The standard InChI is InChI=1S/C26H29N3O2S/c1-2-23-21(20-10-6-7-11-24(20)32-23)16-27-14-15-29-22(17-27)26(31)28(18-25(29)30)13-12-19-8-4-3-5-9-19/h3-11,22H,2,12-18H2,1H3. The molecule has 2 amide bonds. The molecule has 32 heavy (non-hydrogen) atoms. The Balaban J connectivity index is 1.30. The first-order chi connectivity index (χ1) is 15.6. The number of hydrogen-bond donors (Lipinski definition) is 0. The minimum absolute atomic E-state index is 0.0811. The van der Waals surface area contributed by atoms with Crippen LogP contribution in [0.25, 0.3) is 10.1 Å². The number of nitrogens with zero attached hydrogens (tertiary/aromatic N) is 3. The van der Waals surface area contributed by atoms with Crippen molar-refractivity contribution in [3.8, 4) is 0 Å². The maximum absolute atomic E-state index is 13.3. The van der Waals surface area contributed by atoms with Crippen LogP contribution in [0.15, 0.2) is 54.6 Å². The van der Waals surface area contributed by atoms with Gasteiger partial charge in [-0.15, -0.1) is 11.3 Å². The lowest BCUT2D eigenvalue weighted by Gasteiger charge is -2.46. The Labute approximate surface area is 193 Å². The molecule has 5 rings (SSSR count). The van der Waals surface area contributed by atoms with Crippen molar-refractivity contribution in [3.63, 3.8) is 0 Å². The first kappa shape index (κ1) is 21.2. The zero-order valence-corrected chi connectivity index (χ0v) is 19.3. The molecule has 1 atom stereocenters. The molecule has 166 valence electrons. The van der Waals surface area contributed by atoms with Crippen LogP contribution in [0, 0.1) is 0 Å². The first-order valence-electron chi connectivity index (χ1n) is 11.5. The summed E-state index contributed by atoms with van der Waals surface area (Å²) in [6.45, 7) is 5.90. The Morgan fingerprint density at radius 1 is 1.00 bits per heavy atom. The van der Waals surface area contributed by atoms with E-state index in [0.29, 0.717) is 19.6 Å². The molecule has 2 fully saturated rings. The number of fused-ring (bicyclic) bond motifs is 2. The van der Waals surface area contributed by atoms with Crippen LogP contribution >= 0.6 is 11.3 Å². The number of carbonyl (C=O) groups excluding carboxylic acids is 2. The van der Waals surface area contributed by atoms with E-state index in [1.165, 1.54) is 26.1 Å². The van der Waals surface area contributed by atoms with Gasteiger partial charge in [-0.25, -0.2) is 0 Å². The molecular formula is C26H29N3O2S. The van der Waals surface area contributed by atoms with Gasteiger partial charge in [0.05, 0.1) is 6.54 Å². The van der Waals surface area contributed by atoms with Gasteiger partial charge in [-0.3, -0.25) is 14.5 Å². The largest absolute Gasteiger partial charge is 0.331 e. The summed E-state index contributed by atoms with van der Waals surface area (Å²) in [5.74, 6) is 0.175. The average Bonchev–Trinajstić information content (AvgIpc) is 3.18. The summed E-state index contributed by atoms with van der Waals surface area (Å²) >= 11 is 1.87. The molecule has 2 aliphatic heterocycles. The third-order valence-electron chi connectivity index (χ3n) is 6.71. The third-order valence-corrected chi connectivity index (χ3v) is 8.06. The molecular weight excluding hydrogens is 418 g/mol. The van der Waals surface area contributed by atoms with E-state index in [-0.39, 0.29) is 24.4 Å². The van der Waals surface area contributed by atoms with Crippen molar-refractivity contribution >= 4 is 33.2 Å². The summed E-state index contributed by atoms with van der Waals surface area (Å²) in [5.41, 5.74) is 2.58. The van der Waals surface area contributed by atoms with Crippen LogP contribution in [0.2, 0.25) is 0 Å². The second-order valence-electron chi connectivity index (χ2n) is 8.69. The van der Waals surface area contributed by atoms with Gasteiger partial charge in [0.15, 0.2) is 0 Å². The molecule has 0 aliphatic carbocycles. The highest BCUT2D eigenvalue weighted by Crippen LogP contribution is 2.33. The Morgan fingerprint density at radius 2 is 1.78 bits per heavy atom. The summed E-state index contributed by atoms with van der Waals surface area (Å²) in [6.07, 6.45) is 1.79. The molecule has 2 saturated heterocycles. The van der Waals surface area contributed by atoms with Gasteiger partial charge in [0.1, 0.15) is 6.04 Å². The fourth-order valence-corrected chi connectivity index (χ4v) is 6.12. The molecule has 1 unspecified atom stereocenters. The van der Waals surface area contributed by atoms with Crippen LogP contribution in [-0.2, 0) is 29.0 Å². The Morgan fingerprint density at radius 3 is 2.59 bits per heavy atom. The number of carbonyl (C=O) groups is 2. The van der Waals surface area contributed by atoms with Gasteiger partial charge in [-0.2, -0.15) is 0 Å². The minimum Gasteiger partial charge on any atom is -0.331 e. The number of benzene rings is 2. The molecule has 3 aromatic rings. The molecule has 5 nitrogen and oxygen atoms in total. The van der Waals surface area contributed by atoms with Crippen molar-refractivity contribution in [2.24, 2.45) is 0 Å². The van der Waals surface area contributed by atoms with Crippen molar-refractivity contribution in [1.29, 1.82) is 0 Å². The lowest BCUT2D eigenvalue weighted by molar-refractivity contribution is -0.159. The van der Waals surface area contributed by atoms with Crippen LogP contribution in [0.4, 0.5) is 0 Å². The molecule has 1 aromatic heterocycles. The highest BCUT2D eigenvalue weighted by Gasteiger charge is 2.42. The van der Waals surface area contributed by atoms with E-state index in [2.05, 4.69) is 48.2 Å². The number of aryl methyl sites for hydroxylation is 1. The van der Waals surface area contributed by atoms with Crippen molar-refractivity contribution in [2.45, 2.75) is 32.4 Å². The van der Waals surface area contributed by atoms with Crippen LogP contribution in [-0.4, -0.2) is 65.3 Å². The molecule has 6 heteroatoms. The molecule has 2 aromatic carbocycles. The van der Waals surface area contributed by atoms with Gasteiger partial charge in [0, 0.05) is 42.3 Å². The van der Waals surface area contributed by atoms with Crippen molar-refractivity contribution in [2.75, 3.05) is 32.7 Å². The van der Waals surface area contributed by atoms with E-state index in [4.69, 9.17) is 0 Å². The summed E-state index contributed by atoms with van der Waals surface area (Å²) < 4.78 is 1.33. The van der Waals surface area contributed by atoms with Crippen molar-refractivity contribution in [1.82, 2.24) is 14.7 Å². The van der Waals surface area contributed by atoms with Crippen LogP contribution in [0.3, 0.4) is 0 Å². The molecule has 0 bridgehead atoms. The second kappa shape index (κ2) is 9.04. The van der Waals surface area contributed by atoms with Crippen LogP contribution in [0.1, 0.15) is 22.9 Å². The number of piperazine rings is 2. The summed E-state index contributed by atoms with van der Waals surface area (Å²) in [4.78, 5) is 33.5. The fourth-order valence-electron chi connectivity index (χ4n) is 4.97. The highest BCUT2D eigenvalue weighted by atomic mass is 32.1. The molecule has 0 radical (unpaired) electrons. The van der Waals surface area contributed by atoms with Gasteiger partial charge in [0.25, 0.3) is 0 Å². The fraction of sp³-hybridized carbons (Fsp3) is 0.385. The Hall–Kier alpha value is -2.70. The van der Waals surface area contributed by atoms with Gasteiger partial charge < -0.3 is 9.80 Å². The van der Waals surface area contributed by atoms with Crippen molar-refractivity contribution in [3.05, 3.63) is 70.6 Å². The molecule has 0 spiro atoms. The normalized spacial score (nSPS) is 19.6. The van der Waals surface area contributed by atoms with Crippen LogP contribution in [0.5, 0.6) is 0 Å². The zero-order valence-electron chi connectivity index (χ0n) is 18.5. The summed E-state index contributed by atoms with van der Waals surface area (Å²) in [7, 11) is 0. The zero-order chi connectivity index (χ0) is 22.1. The number of rotatable bonds is 6. The second-order valence-corrected chi connectivity index (χ2v) is 9.82. The number of hydrogen-bond acceptors (Lipinski definition) is 4. The molecule has 0 N–H and O–H groups in total. The molecule has 0 saturated carbocycles. The summed E-state index contributed by atoms with van der Waals surface area (Å²) in [5, 5.41) is 1.33. The number of amides is 2. The smallest absolute Gasteiger partial charge is 0.247 e. The monoisotopic (exact) mass is 447 g/mol. The van der Waals surface area contributed by atoms with E-state index >= 15 is 0 Å². The van der Waals surface area contributed by atoms with E-state index in [9.17, 15) is 9.59 Å². The maximum atomic E-state index is 13.3. The predicted molar refractivity (Wildman–Crippen MR) is 129 cm³/mol. The highest BCUT2D eigenvalue weighted by molar-refractivity contribution is 7.19. The van der Waals surface area contributed by atoms with Gasteiger partial charge in [-0.1, -0.05) is 55.5 Å². The molecule has 2 aliphatic rings. The molecule has 3 heterocycles. The van der Waals surface area contributed by atoms with Gasteiger partial charge >= 0.3 is 0 Å². The number of thiophene rings is 1. The maximum Gasteiger partial charge on any atom is 0.247 e. The first-order valence-corrected chi connectivity index (χ1v) is 12.3. The van der Waals surface area contributed by atoms with Crippen LogP contribution < -0.4 is 0 Å². The predicted octanol–water partition coefficient (Wildman–Crippen LogP) is 3.56. The average molecular weight is 448 g/mol. The van der Waals surface area contributed by atoms with Gasteiger partial charge in [-0.05, 0) is 35.4 Å². The minimum atomic E-state index is -0.365. The topological polar surface area (TPSA) is 43.9 Å². The third kappa shape index (κ3) is 4.05. The lowest BCUT2D eigenvalue weighted by Crippen LogP contribution is -2.66. The lowest BCUT2D eigenvalue weighted by atomic mass is 10.0. The Bertz CT molecular complexity index is 1130. The van der Waals surface area contributed by atoms with Crippen molar-refractivity contribution < 1.29 is 9.59 Å².